The lowest BCUT2D eigenvalue weighted by Crippen LogP contribution is -2.54. The molecule has 0 aromatic rings. The van der Waals surface area contributed by atoms with Gasteiger partial charge in [-0.05, 0) is 20.8 Å². The van der Waals surface area contributed by atoms with Gasteiger partial charge in [0.1, 0.15) is 0 Å². The number of morpholine rings is 1. The Morgan fingerprint density at radius 3 is 2.53 bits per heavy atom. The minimum Gasteiger partial charge on any atom is -0.372 e. The highest BCUT2D eigenvalue weighted by atomic mass is 79.9. The second kappa shape index (κ2) is 5.97. The van der Waals surface area contributed by atoms with E-state index in [0.29, 0.717) is 18.4 Å². The molecule has 0 aliphatic carbocycles. The van der Waals surface area contributed by atoms with Gasteiger partial charge in [0, 0.05) is 31.5 Å². The summed E-state index contributed by atoms with van der Waals surface area (Å²) in [5, 5.41) is 0.648. The maximum Gasteiger partial charge on any atom is 0.282 e. The molecule has 1 aliphatic heterocycles. The van der Waals surface area contributed by atoms with Crippen LogP contribution in [0.3, 0.4) is 0 Å². The van der Waals surface area contributed by atoms with Crippen molar-refractivity contribution in [3.63, 3.8) is 0 Å². The number of alkyl halides is 1. The summed E-state index contributed by atoms with van der Waals surface area (Å²) in [5.41, 5.74) is 0. The van der Waals surface area contributed by atoms with Gasteiger partial charge in [0.25, 0.3) is 10.2 Å². The average Bonchev–Trinajstić information content (AvgIpc) is 2.26. The van der Waals surface area contributed by atoms with Crippen molar-refractivity contribution >= 4 is 26.1 Å². The van der Waals surface area contributed by atoms with Gasteiger partial charge in [-0.3, -0.25) is 0 Å². The summed E-state index contributed by atoms with van der Waals surface area (Å²) in [4.78, 5) is 0. The van der Waals surface area contributed by atoms with Gasteiger partial charge in [-0.2, -0.15) is 17.0 Å². The molecule has 102 valence electrons. The van der Waals surface area contributed by atoms with E-state index in [1.807, 2.05) is 20.8 Å². The Morgan fingerprint density at radius 2 is 2.06 bits per heavy atom. The van der Waals surface area contributed by atoms with E-state index >= 15 is 0 Å². The summed E-state index contributed by atoms with van der Waals surface area (Å²) in [5.74, 6) is 0. The Kier molecular flexibility index (Phi) is 5.39. The van der Waals surface area contributed by atoms with Crippen molar-refractivity contribution in [2.24, 2.45) is 0 Å². The van der Waals surface area contributed by atoms with Gasteiger partial charge in [0.05, 0.1) is 12.2 Å². The quantitative estimate of drug-likeness (QED) is 0.725. The third kappa shape index (κ3) is 3.64. The fourth-order valence-electron chi connectivity index (χ4n) is 1.73. The van der Waals surface area contributed by atoms with Gasteiger partial charge in [-0.15, -0.1) is 0 Å². The molecule has 0 saturated carbocycles. The molecule has 0 aromatic heterocycles. The van der Waals surface area contributed by atoms with Crippen molar-refractivity contribution in [2.75, 3.05) is 25.5 Å². The van der Waals surface area contributed by atoms with Crippen molar-refractivity contribution in [1.29, 1.82) is 0 Å². The van der Waals surface area contributed by atoms with Crippen LogP contribution in [0.2, 0.25) is 0 Å². The first-order valence-corrected chi connectivity index (χ1v) is 8.25. The van der Waals surface area contributed by atoms with E-state index in [1.54, 1.807) is 7.05 Å². The van der Waals surface area contributed by atoms with Crippen LogP contribution >= 0.6 is 15.9 Å². The van der Waals surface area contributed by atoms with Crippen molar-refractivity contribution in [3.05, 3.63) is 0 Å². The van der Waals surface area contributed by atoms with Gasteiger partial charge in [0.15, 0.2) is 0 Å². The van der Waals surface area contributed by atoms with Crippen LogP contribution in [0.25, 0.3) is 0 Å². The average molecular weight is 329 g/mol. The van der Waals surface area contributed by atoms with Crippen molar-refractivity contribution < 1.29 is 13.2 Å². The van der Waals surface area contributed by atoms with Crippen LogP contribution in [0.4, 0.5) is 0 Å². The first-order chi connectivity index (χ1) is 7.78. The molecule has 1 saturated heterocycles. The molecule has 5 nitrogen and oxygen atoms in total. The van der Waals surface area contributed by atoms with Crippen LogP contribution in [-0.4, -0.2) is 60.7 Å². The molecule has 1 heterocycles. The van der Waals surface area contributed by atoms with E-state index in [0.717, 1.165) is 0 Å². The summed E-state index contributed by atoms with van der Waals surface area (Å²) in [6, 6.07) is -0.0411. The molecule has 17 heavy (non-hydrogen) atoms. The van der Waals surface area contributed by atoms with E-state index in [9.17, 15) is 8.42 Å². The lowest BCUT2D eigenvalue weighted by atomic mass is 10.3. The first-order valence-electron chi connectivity index (χ1n) is 5.73. The molecule has 0 radical (unpaired) electrons. The monoisotopic (exact) mass is 328 g/mol. The molecular formula is C10H21BrN2O3S. The SMILES string of the molecule is CC1CN(S(=O)(=O)N(C)C(C)C)CC(CBr)O1. The molecule has 1 fully saturated rings. The molecule has 1 aliphatic rings. The molecule has 2 unspecified atom stereocenters. The van der Waals surface area contributed by atoms with Gasteiger partial charge in [-0.1, -0.05) is 15.9 Å². The second-order valence-electron chi connectivity index (χ2n) is 4.66. The lowest BCUT2D eigenvalue weighted by Gasteiger charge is -2.37. The van der Waals surface area contributed by atoms with Crippen LogP contribution in [0.5, 0.6) is 0 Å². The zero-order chi connectivity index (χ0) is 13.2. The van der Waals surface area contributed by atoms with Crippen LogP contribution in [0.15, 0.2) is 0 Å². The van der Waals surface area contributed by atoms with Gasteiger partial charge >= 0.3 is 0 Å². The number of ether oxygens (including phenoxy) is 1. The predicted molar refractivity (Wildman–Crippen MR) is 71.5 cm³/mol. The van der Waals surface area contributed by atoms with Crippen LogP contribution in [-0.2, 0) is 14.9 Å². The standard InChI is InChI=1S/C10H21BrN2O3S/c1-8(2)12(4)17(14,15)13-6-9(3)16-10(5-11)7-13/h8-10H,5-7H2,1-4H3. The third-order valence-corrected chi connectivity index (χ3v) is 5.70. The molecule has 1 rings (SSSR count). The summed E-state index contributed by atoms with van der Waals surface area (Å²) >= 11 is 3.34. The van der Waals surface area contributed by atoms with Crippen molar-refractivity contribution in [3.8, 4) is 0 Å². The number of hydrogen-bond donors (Lipinski definition) is 0. The van der Waals surface area contributed by atoms with E-state index in [1.165, 1.54) is 8.61 Å². The number of nitrogens with zero attached hydrogens (tertiary/aromatic N) is 2. The summed E-state index contributed by atoms with van der Waals surface area (Å²) in [7, 11) is -1.76. The Labute approximate surface area is 112 Å². The van der Waals surface area contributed by atoms with Crippen molar-refractivity contribution in [2.45, 2.75) is 39.0 Å². The van der Waals surface area contributed by atoms with Gasteiger partial charge < -0.3 is 4.74 Å². The second-order valence-corrected chi connectivity index (χ2v) is 7.29. The Balaban J connectivity index is 2.84. The van der Waals surface area contributed by atoms with E-state index in [4.69, 9.17) is 4.74 Å². The van der Waals surface area contributed by atoms with Crippen LogP contribution in [0, 0.1) is 0 Å². The highest BCUT2D eigenvalue weighted by molar-refractivity contribution is 9.09. The van der Waals surface area contributed by atoms with Crippen molar-refractivity contribution in [1.82, 2.24) is 8.61 Å². The molecule has 2 atom stereocenters. The maximum absolute atomic E-state index is 12.3. The number of rotatable bonds is 4. The Bertz CT molecular complexity index is 347. The summed E-state index contributed by atoms with van der Waals surface area (Å²) in [6.07, 6.45) is -0.143. The van der Waals surface area contributed by atoms with E-state index in [2.05, 4.69) is 15.9 Å². The maximum atomic E-state index is 12.3. The zero-order valence-corrected chi connectivity index (χ0v) is 13.2. The van der Waals surface area contributed by atoms with Crippen LogP contribution < -0.4 is 0 Å². The van der Waals surface area contributed by atoms with Gasteiger partial charge in [-0.25, -0.2) is 0 Å². The molecular weight excluding hydrogens is 308 g/mol. The first kappa shape index (κ1) is 15.4. The summed E-state index contributed by atoms with van der Waals surface area (Å²) < 4.78 is 33.2. The lowest BCUT2D eigenvalue weighted by molar-refractivity contribution is -0.0425. The smallest absolute Gasteiger partial charge is 0.282 e. The zero-order valence-electron chi connectivity index (χ0n) is 10.8. The number of halogens is 1. The predicted octanol–water partition coefficient (Wildman–Crippen LogP) is 1.06. The number of hydrogen-bond acceptors (Lipinski definition) is 3. The van der Waals surface area contributed by atoms with Gasteiger partial charge in [0.2, 0.25) is 0 Å². The molecule has 0 aromatic carbocycles. The minimum atomic E-state index is -3.37. The van der Waals surface area contributed by atoms with E-state index < -0.39 is 10.2 Å². The Morgan fingerprint density at radius 1 is 1.47 bits per heavy atom. The highest BCUT2D eigenvalue weighted by Crippen LogP contribution is 2.19. The molecule has 0 bridgehead atoms. The molecule has 0 spiro atoms. The van der Waals surface area contributed by atoms with E-state index in [-0.39, 0.29) is 18.2 Å². The third-order valence-electron chi connectivity index (χ3n) is 2.88. The highest BCUT2D eigenvalue weighted by Gasteiger charge is 2.35. The van der Waals surface area contributed by atoms with Crippen LogP contribution in [0.1, 0.15) is 20.8 Å². The molecule has 7 heteroatoms. The molecule has 0 amide bonds. The minimum absolute atomic E-state index is 0.0411. The summed E-state index contributed by atoms with van der Waals surface area (Å²) in [6.45, 7) is 6.46. The topological polar surface area (TPSA) is 49.9 Å². The fourth-order valence-corrected chi connectivity index (χ4v) is 3.73. The molecule has 0 N–H and O–H groups in total. The Hall–Kier alpha value is 0.310. The fraction of sp³-hybridized carbons (Fsp3) is 1.00. The largest absolute Gasteiger partial charge is 0.372 e. The normalized spacial score (nSPS) is 27.9.